The van der Waals surface area contributed by atoms with Crippen molar-refractivity contribution in [2.45, 2.75) is 78.6 Å². The van der Waals surface area contributed by atoms with Gasteiger partial charge in [0.2, 0.25) is 0 Å². The van der Waals surface area contributed by atoms with E-state index in [2.05, 4.69) is 251 Å². The van der Waals surface area contributed by atoms with Gasteiger partial charge in [-0.15, -0.1) is 0 Å². The first-order chi connectivity index (χ1) is 32.2. The van der Waals surface area contributed by atoms with Crippen molar-refractivity contribution in [1.82, 2.24) is 13.6 Å². The van der Waals surface area contributed by atoms with Gasteiger partial charge in [-0.2, -0.15) is 0 Å². The molecule has 326 valence electrons. The summed E-state index contributed by atoms with van der Waals surface area (Å²) < 4.78 is 7.78. The Hall–Kier alpha value is -7.24. The van der Waals surface area contributed by atoms with Gasteiger partial charge in [0.05, 0.1) is 16.6 Å². The fourth-order valence-corrected chi connectivity index (χ4v) is 11.7. The zero-order chi connectivity index (χ0) is 45.9. The van der Waals surface area contributed by atoms with Gasteiger partial charge in [0.25, 0.3) is 0 Å². The van der Waals surface area contributed by atoms with Crippen LogP contribution in [0.2, 0.25) is 0 Å². The Bertz CT molecular complexity index is 3840. The Morgan fingerprint density at radius 2 is 0.940 bits per heavy atom. The molecule has 0 bridgehead atoms. The zero-order valence-electron chi connectivity index (χ0n) is 40.0. The van der Waals surface area contributed by atoms with E-state index in [0.29, 0.717) is 0 Å². The van der Waals surface area contributed by atoms with Crippen LogP contribution in [0.4, 0.5) is 17.2 Å². The molecule has 3 aromatic heterocycles. The first-order valence-electron chi connectivity index (χ1n) is 24.1. The van der Waals surface area contributed by atoms with Crippen molar-refractivity contribution in [3.8, 4) is 22.5 Å². The van der Waals surface area contributed by atoms with Crippen LogP contribution in [0.5, 0.6) is 0 Å². The van der Waals surface area contributed by atoms with Crippen molar-refractivity contribution in [1.29, 1.82) is 0 Å². The Kier molecular flexibility index (Phi) is 8.18. The second kappa shape index (κ2) is 13.7. The molecule has 67 heavy (non-hydrogen) atoms. The van der Waals surface area contributed by atoms with Crippen molar-refractivity contribution in [3.05, 3.63) is 187 Å². The largest absolute Gasteiger partial charge is 0.375 e. The lowest BCUT2D eigenvalue weighted by atomic mass is 9.45. The van der Waals surface area contributed by atoms with Crippen molar-refractivity contribution < 1.29 is 0 Å². The first-order valence-corrected chi connectivity index (χ1v) is 24.1. The second-order valence-electron chi connectivity index (χ2n) is 22.3. The molecule has 11 aromatic rings. The summed E-state index contributed by atoms with van der Waals surface area (Å²) >= 11 is 0. The quantitative estimate of drug-likeness (QED) is 0.162. The number of nitrogens with zero attached hydrogens (tertiary/aromatic N) is 4. The summed E-state index contributed by atoms with van der Waals surface area (Å²) in [6.45, 7) is 20.9. The van der Waals surface area contributed by atoms with Crippen LogP contribution in [0.15, 0.2) is 170 Å². The highest BCUT2D eigenvalue weighted by atomic mass is 15.3. The highest BCUT2D eigenvalue weighted by molar-refractivity contribution is 6.91. The topological polar surface area (TPSA) is 18.0 Å². The highest BCUT2D eigenvalue weighted by Crippen LogP contribution is 2.50. The number of benzene rings is 8. The molecule has 0 saturated heterocycles. The van der Waals surface area contributed by atoms with Gasteiger partial charge in [-0.1, -0.05) is 159 Å². The Labute approximate surface area is 393 Å². The molecule has 0 fully saturated rings. The summed E-state index contributed by atoms with van der Waals surface area (Å²) in [5.74, 6) is 1.20. The predicted molar refractivity (Wildman–Crippen MR) is 287 cm³/mol. The van der Waals surface area contributed by atoms with Gasteiger partial charge in [0, 0.05) is 66.4 Å². The normalized spacial score (nSPS) is 13.7. The van der Waals surface area contributed by atoms with Gasteiger partial charge in [-0.25, -0.2) is 0 Å². The van der Waals surface area contributed by atoms with Gasteiger partial charge in [0.1, 0.15) is 5.82 Å². The van der Waals surface area contributed by atoms with Crippen LogP contribution in [0.3, 0.4) is 0 Å². The second-order valence-corrected chi connectivity index (χ2v) is 22.3. The summed E-state index contributed by atoms with van der Waals surface area (Å²) in [7, 11) is 0. The molecule has 2 aliphatic rings. The molecule has 0 amide bonds. The molecule has 0 saturated carbocycles. The van der Waals surface area contributed by atoms with Gasteiger partial charge in [-0.3, -0.25) is 9.47 Å². The van der Waals surface area contributed by atoms with Crippen molar-refractivity contribution in [2.75, 3.05) is 4.90 Å². The maximum atomic E-state index is 2.76. The molecule has 0 N–H and O–H groups in total. The van der Waals surface area contributed by atoms with Crippen LogP contribution in [0.25, 0.3) is 77.0 Å². The van der Waals surface area contributed by atoms with E-state index >= 15 is 0 Å². The van der Waals surface area contributed by atoms with Crippen molar-refractivity contribution in [2.24, 2.45) is 0 Å². The van der Waals surface area contributed by atoms with E-state index in [1.165, 1.54) is 110 Å². The number of fused-ring (bicyclic) bond motifs is 12. The molecule has 2 aliphatic heterocycles. The van der Waals surface area contributed by atoms with E-state index in [9.17, 15) is 0 Å². The number of aromatic nitrogens is 3. The van der Waals surface area contributed by atoms with Gasteiger partial charge in [-0.05, 0) is 122 Å². The van der Waals surface area contributed by atoms with E-state index in [1.54, 1.807) is 0 Å². The minimum atomic E-state index is -0.128. The molecular weight excluding hydrogens is 812 g/mol. The van der Waals surface area contributed by atoms with Crippen LogP contribution in [0, 0.1) is 0 Å². The van der Waals surface area contributed by atoms with E-state index in [-0.39, 0.29) is 23.1 Å². The molecule has 0 unspecified atom stereocenters. The maximum absolute atomic E-state index is 2.76. The average Bonchev–Trinajstić information content (AvgIpc) is 3.95. The Morgan fingerprint density at radius 1 is 0.358 bits per heavy atom. The Balaban J connectivity index is 1.24. The number of hydrogen-bond acceptors (Lipinski definition) is 1. The molecule has 5 heterocycles. The minimum absolute atomic E-state index is 0.0215. The monoisotopic (exact) mass is 866 g/mol. The third-order valence-electron chi connectivity index (χ3n) is 15.1. The molecule has 0 aliphatic carbocycles. The van der Waals surface area contributed by atoms with Crippen LogP contribution < -0.4 is 15.8 Å². The lowest BCUT2D eigenvalue weighted by molar-refractivity contribution is 0.590. The number of rotatable bonds is 3. The number of hydrogen-bond donors (Lipinski definition) is 0. The standard InChI is InChI=1S/C62H55BN4/c1-60(2,3)38-27-30-43(31-28-38)66-55-35-40(62(7,8)9)34-49-46-25-18-24-45-48-36-53-47(44-23-16-17-26-51(44)64(53)41-19-12-10-13-20-41)37-54(48)67(58(45)46)63(56(49)55)57-50-33-39(61(4,5)6)29-32-52(50)65(59(57)66)42-21-14-11-15-22-42/h10-37H,1-9H3. The first kappa shape index (κ1) is 40.1. The van der Waals surface area contributed by atoms with Gasteiger partial charge in [0.15, 0.2) is 0 Å². The van der Waals surface area contributed by atoms with Crippen LogP contribution in [-0.4, -0.2) is 20.5 Å². The zero-order valence-corrected chi connectivity index (χ0v) is 40.0. The number of para-hydroxylation sites is 4. The van der Waals surface area contributed by atoms with Crippen LogP contribution in [0.1, 0.15) is 79.0 Å². The van der Waals surface area contributed by atoms with Crippen LogP contribution in [-0.2, 0) is 16.2 Å². The van der Waals surface area contributed by atoms with E-state index < -0.39 is 0 Å². The molecular formula is C62H55BN4. The molecule has 4 nitrogen and oxygen atoms in total. The molecule has 5 heteroatoms. The smallest absolute Gasteiger partial charge is 0.335 e. The summed E-state index contributed by atoms with van der Waals surface area (Å²) in [5, 5.41) is 6.38. The summed E-state index contributed by atoms with van der Waals surface area (Å²) in [4.78, 5) is 2.62. The van der Waals surface area contributed by atoms with E-state index in [1.807, 2.05) is 0 Å². The molecule has 13 rings (SSSR count). The van der Waals surface area contributed by atoms with Crippen molar-refractivity contribution >= 4 is 89.5 Å². The predicted octanol–water partition coefficient (Wildman–Crippen LogP) is 15.1. The average molecular weight is 867 g/mol. The fraction of sp³-hybridized carbons (Fsp3) is 0.194. The number of anilines is 3. The van der Waals surface area contributed by atoms with Crippen molar-refractivity contribution in [3.63, 3.8) is 0 Å². The SMILES string of the molecule is CC(C)(C)c1ccc(N2c3cc(C(C)(C)C)cc4c3B(c3c2n(-c2ccccc2)c2ccc(C(C)(C)C)cc32)n2c3cc5c6ccccc6n(-c6ccccc6)c5cc3c3cccc-4c32)cc1. The third-order valence-corrected chi connectivity index (χ3v) is 15.1. The van der Waals surface area contributed by atoms with Crippen LogP contribution >= 0.6 is 0 Å². The molecule has 0 radical (unpaired) electrons. The summed E-state index contributed by atoms with van der Waals surface area (Å²) in [6, 6.07) is 64.7. The minimum Gasteiger partial charge on any atom is -0.375 e. The summed E-state index contributed by atoms with van der Waals surface area (Å²) in [5.41, 5.74) is 20.1. The van der Waals surface area contributed by atoms with E-state index in [4.69, 9.17) is 0 Å². The molecule has 0 spiro atoms. The molecule has 0 atom stereocenters. The van der Waals surface area contributed by atoms with Gasteiger partial charge < -0.3 is 9.05 Å². The maximum Gasteiger partial charge on any atom is 0.335 e. The molecule has 8 aromatic carbocycles. The summed E-state index contributed by atoms with van der Waals surface area (Å²) in [6.07, 6.45) is 0. The van der Waals surface area contributed by atoms with E-state index in [0.717, 1.165) is 11.4 Å². The Morgan fingerprint density at radius 3 is 1.63 bits per heavy atom. The lowest BCUT2D eigenvalue weighted by Gasteiger charge is -2.41. The third kappa shape index (κ3) is 5.67. The lowest BCUT2D eigenvalue weighted by Crippen LogP contribution is -2.56. The van der Waals surface area contributed by atoms with Gasteiger partial charge >= 0.3 is 6.85 Å². The fourth-order valence-electron chi connectivity index (χ4n) is 11.7. The highest BCUT2D eigenvalue weighted by Gasteiger charge is 2.47.